The maximum Gasteiger partial charge on any atom is 0.407 e. The molecule has 19 heavy (non-hydrogen) atoms. The fourth-order valence-corrected chi connectivity index (χ4v) is 2.25. The maximum atomic E-state index is 11.1. The summed E-state index contributed by atoms with van der Waals surface area (Å²) in [5, 5.41) is 2.81. The molecule has 0 spiro atoms. The predicted molar refractivity (Wildman–Crippen MR) is 71.2 cm³/mol. The molecule has 0 aromatic heterocycles. The number of hydrogen-bond donors (Lipinski definition) is 3. The monoisotopic (exact) mass is 272 g/mol. The van der Waals surface area contributed by atoms with E-state index in [4.69, 9.17) is 5.84 Å². The maximum absolute atomic E-state index is 11.1. The summed E-state index contributed by atoms with van der Waals surface area (Å²) in [6.07, 6.45) is 4.02. The summed E-state index contributed by atoms with van der Waals surface area (Å²) in [4.78, 5) is 24.3. The van der Waals surface area contributed by atoms with Gasteiger partial charge in [0.2, 0.25) is 5.91 Å². The quantitative estimate of drug-likeness (QED) is 0.262. The van der Waals surface area contributed by atoms with Crippen molar-refractivity contribution in [2.75, 3.05) is 26.7 Å². The molecule has 1 unspecified atom stereocenters. The second-order valence-electron chi connectivity index (χ2n) is 4.80. The highest BCUT2D eigenvalue weighted by atomic mass is 16.5. The summed E-state index contributed by atoms with van der Waals surface area (Å²) in [5.41, 5.74) is 2.13. The molecule has 0 aromatic carbocycles. The summed E-state index contributed by atoms with van der Waals surface area (Å²) in [6.45, 7) is 2.87. The Morgan fingerprint density at radius 1 is 1.37 bits per heavy atom. The summed E-state index contributed by atoms with van der Waals surface area (Å²) in [7, 11) is 1.37. The van der Waals surface area contributed by atoms with Gasteiger partial charge in [0.25, 0.3) is 0 Å². The smallest absolute Gasteiger partial charge is 0.407 e. The van der Waals surface area contributed by atoms with Gasteiger partial charge in [-0.1, -0.05) is 6.42 Å². The minimum absolute atomic E-state index is 0.108. The fourth-order valence-electron chi connectivity index (χ4n) is 2.25. The standard InChI is InChI=1S/C12H24N4O3/c1-19-12(18)14-10-6-8-16(9-10)7-4-2-3-5-11(17)15-13/h10H,2-9,13H2,1H3,(H,14,18)(H,15,17). The van der Waals surface area contributed by atoms with E-state index >= 15 is 0 Å². The number of carbonyl (C=O) groups is 2. The first-order valence-corrected chi connectivity index (χ1v) is 6.72. The SMILES string of the molecule is COC(=O)NC1CCN(CCCCCC(=O)NN)C1. The largest absolute Gasteiger partial charge is 0.453 e. The van der Waals surface area contributed by atoms with Crippen molar-refractivity contribution in [3.05, 3.63) is 0 Å². The molecular formula is C12H24N4O3. The summed E-state index contributed by atoms with van der Waals surface area (Å²) in [6, 6.07) is 0.190. The molecule has 1 atom stereocenters. The molecule has 0 radical (unpaired) electrons. The number of hydrazine groups is 1. The van der Waals surface area contributed by atoms with Crippen LogP contribution in [0.1, 0.15) is 32.1 Å². The van der Waals surface area contributed by atoms with Gasteiger partial charge in [-0.05, 0) is 25.8 Å². The van der Waals surface area contributed by atoms with Gasteiger partial charge in [-0.3, -0.25) is 10.2 Å². The van der Waals surface area contributed by atoms with E-state index < -0.39 is 0 Å². The van der Waals surface area contributed by atoms with Crippen LogP contribution in [0.25, 0.3) is 0 Å². The number of carbonyl (C=O) groups excluding carboxylic acids is 2. The van der Waals surface area contributed by atoms with Crippen molar-refractivity contribution >= 4 is 12.0 Å². The number of alkyl carbamates (subject to hydrolysis) is 1. The molecule has 0 aromatic rings. The topological polar surface area (TPSA) is 96.7 Å². The van der Waals surface area contributed by atoms with E-state index in [9.17, 15) is 9.59 Å². The molecule has 0 bridgehead atoms. The van der Waals surface area contributed by atoms with Crippen LogP contribution in [0, 0.1) is 0 Å². The van der Waals surface area contributed by atoms with Gasteiger partial charge >= 0.3 is 6.09 Å². The Morgan fingerprint density at radius 3 is 2.84 bits per heavy atom. The molecule has 1 aliphatic rings. The molecule has 1 saturated heterocycles. The lowest BCUT2D eigenvalue weighted by atomic mass is 10.2. The first-order chi connectivity index (χ1) is 9.15. The summed E-state index contributed by atoms with van der Waals surface area (Å²) in [5.74, 6) is 4.89. The van der Waals surface area contributed by atoms with E-state index in [1.165, 1.54) is 7.11 Å². The second-order valence-corrected chi connectivity index (χ2v) is 4.80. The zero-order valence-electron chi connectivity index (χ0n) is 11.5. The van der Waals surface area contributed by atoms with Crippen LogP contribution in [0.2, 0.25) is 0 Å². The van der Waals surface area contributed by atoms with Gasteiger partial charge in [0.05, 0.1) is 7.11 Å². The number of likely N-dealkylation sites (tertiary alicyclic amines) is 1. The summed E-state index contributed by atoms with van der Waals surface area (Å²) < 4.78 is 4.58. The van der Waals surface area contributed by atoms with Crippen molar-refractivity contribution in [2.24, 2.45) is 5.84 Å². The van der Waals surface area contributed by atoms with Gasteiger partial charge in [-0.25, -0.2) is 10.6 Å². The molecule has 1 heterocycles. The molecule has 110 valence electrons. The third-order valence-corrected chi connectivity index (χ3v) is 3.32. The van der Waals surface area contributed by atoms with Crippen LogP contribution < -0.4 is 16.6 Å². The third kappa shape index (κ3) is 6.40. The average molecular weight is 272 g/mol. The molecule has 0 aliphatic carbocycles. The Labute approximate surface area is 113 Å². The predicted octanol–water partition coefficient (Wildman–Crippen LogP) is -0.0330. The minimum atomic E-state index is -0.361. The van der Waals surface area contributed by atoms with Gasteiger partial charge in [-0.2, -0.15) is 0 Å². The van der Waals surface area contributed by atoms with Crippen LogP contribution >= 0.6 is 0 Å². The van der Waals surface area contributed by atoms with Gasteiger partial charge in [-0.15, -0.1) is 0 Å². The number of hydrogen-bond acceptors (Lipinski definition) is 5. The van der Waals surface area contributed by atoms with Gasteiger partial charge in [0.15, 0.2) is 0 Å². The highest BCUT2D eigenvalue weighted by Gasteiger charge is 2.23. The Morgan fingerprint density at radius 2 is 2.16 bits per heavy atom. The van der Waals surface area contributed by atoms with Gasteiger partial charge in [0, 0.05) is 25.6 Å². The van der Waals surface area contributed by atoms with E-state index in [0.717, 1.165) is 45.3 Å². The molecular weight excluding hydrogens is 248 g/mol. The number of unbranched alkanes of at least 4 members (excludes halogenated alkanes) is 2. The highest BCUT2D eigenvalue weighted by molar-refractivity contribution is 5.75. The molecule has 1 fully saturated rings. The Bertz CT molecular complexity index is 299. The number of ether oxygens (including phenoxy) is 1. The Hall–Kier alpha value is -1.34. The molecule has 4 N–H and O–H groups in total. The van der Waals surface area contributed by atoms with Crippen molar-refractivity contribution < 1.29 is 14.3 Å². The molecule has 0 saturated carbocycles. The third-order valence-electron chi connectivity index (χ3n) is 3.32. The first kappa shape index (κ1) is 15.7. The van der Waals surface area contributed by atoms with Gasteiger partial charge < -0.3 is 15.0 Å². The van der Waals surface area contributed by atoms with Crippen molar-refractivity contribution in [1.29, 1.82) is 0 Å². The fraction of sp³-hybridized carbons (Fsp3) is 0.833. The lowest BCUT2D eigenvalue weighted by molar-refractivity contribution is -0.121. The molecule has 1 aliphatic heterocycles. The number of rotatable bonds is 7. The number of amides is 2. The van der Waals surface area contributed by atoms with Crippen LogP contribution in [-0.4, -0.2) is 49.7 Å². The number of nitrogens with one attached hydrogen (secondary N) is 2. The average Bonchev–Trinajstić information content (AvgIpc) is 2.85. The Balaban J connectivity index is 2.03. The molecule has 1 rings (SSSR count). The molecule has 2 amide bonds. The second kappa shape index (κ2) is 8.71. The van der Waals surface area contributed by atoms with Crippen molar-refractivity contribution in [3.8, 4) is 0 Å². The van der Waals surface area contributed by atoms with Crippen molar-refractivity contribution in [2.45, 2.75) is 38.1 Å². The van der Waals surface area contributed by atoms with E-state index in [-0.39, 0.29) is 18.0 Å². The lowest BCUT2D eigenvalue weighted by Gasteiger charge is -2.16. The first-order valence-electron chi connectivity index (χ1n) is 6.72. The lowest BCUT2D eigenvalue weighted by Crippen LogP contribution is -2.37. The zero-order valence-corrected chi connectivity index (χ0v) is 11.5. The van der Waals surface area contributed by atoms with E-state index in [1.54, 1.807) is 0 Å². The summed E-state index contributed by atoms with van der Waals surface area (Å²) >= 11 is 0. The van der Waals surface area contributed by atoms with E-state index in [1.807, 2.05) is 0 Å². The highest BCUT2D eigenvalue weighted by Crippen LogP contribution is 2.11. The van der Waals surface area contributed by atoms with Crippen LogP contribution in [0.5, 0.6) is 0 Å². The van der Waals surface area contributed by atoms with Crippen molar-refractivity contribution in [1.82, 2.24) is 15.6 Å². The van der Waals surface area contributed by atoms with E-state index in [2.05, 4.69) is 20.4 Å². The number of methoxy groups -OCH3 is 1. The molecule has 7 nitrogen and oxygen atoms in total. The van der Waals surface area contributed by atoms with Crippen LogP contribution in [0.4, 0.5) is 4.79 Å². The molecule has 7 heteroatoms. The van der Waals surface area contributed by atoms with Crippen molar-refractivity contribution in [3.63, 3.8) is 0 Å². The number of nitrogens with two attached hydrogens (primary N) is 1. The minimum Gasteiger partial charge on any atom is -0.453 e. The van der Waals surface area contributed by atoms with Crippen LogP contribution in [0.15, 0.2) is 0 Å². The van der Waals surface area contributed by atoms with Crippen LogP contribution in [0.3, 0.4) is 0 Å². The van der Waals surface area contributed by atoms with Crippen LogP contribution in [-0.2, 0) is 9.53 Å². The van der Waals surface area contributed by atoms with Gasteiger partial charge in [0.1, 0.15) is 0 Å². The van der Waals surface area contributed by atoms with E-state index in [0.29, 0.717) is 6.42 Å². The zero-order chi connectivity index (χ0) is 14.1. The Kier molecular flexibility index (Phi) is 7.20. The normalized spacial score (nSPS) is 19.2. The number of nitrogens with zero attached hydrogens (tertiary/aromatic N) is 1.